The summed E-state index contributed by atoms with van der Waals surface area (Å²) in [7, 11) is 0. The molecule has 3 aromatic rings. The summed E-state index contributed by atoms with van der Waals surface area (Å²) in [4.78, 5) is 40.5. The van der Waals surface area contributed by atoms with Gasteiger partial charge in [0.15, 0.2) is 5.13 Å². The first-order valence-corrected chi connectivity index (χ1v) is 13.2. The maximum atomic E-state index is 12.2. The van der Waals surface area contributed by atoms with Crippen molar-refractivity contribution in [3.8, 4) is 11.3 Å². The molecule has 37 heavy (non-hydrogen) atoms. The third-order valence-electron chi connectivity index (χ3n) is 5.88. The van der Waals surface area contributed by atoms with Crippen molar-refractivity contribution in [2.24, 2.45) is 0 Å². The maximum absolute atomic E-state index is 12.2. The standard InChI is InChI=1S/C26H31N5O5S/c1-4-35-22(33)14-17-6-8-18(9-7-17)20-15-21(31-12-10-19(32)11-13-31)29-25(28-20)30-26-27-16(3)23(37-26)24(34)36-5-2/h6-9,15,19,32H,4-5,10-14H2,1-3H3,(H,27,28,29,30). The van der Waals surface area contributed by atoms with E-state index in [2.05, 4.69) is 15.2 Å². The topological polar surface area (TPSA) is 127 Å². The number of esters is 2. The fourth-order valence-electron chi connectivity index (χ4n) is 4.00. The van der Waals surface area contributed by atoms with E-state index in [1.54, 1.807) is 20.8 Å². The summed E-state index contributed by atoms with van der Waals surface area (Å²) in [5.74, 6) is 0.405. The van der Waals surface area contributed by atoms with E-state index in [1.807, 2.05) is 30.3 Å². The number of rotatable bonds is 9. The normalized spacial score (nSPS) is 13.9. The van der Waals surface area contributed by atoms with Crippen LogP contribution in [0.2, 0.25) is 0 Å². The van der Waals surface area contributed by atoms with E-state index in [0.717, 1.165) is 16.9 Å². The van der Waals surface area contributed by atoms with Gasteiger partial charge in [-0.3, -0.25) is 10.1 Å². The second-order valence-electron chi connectivity index (χ2n) is 8.61. The molecular weight excluding hydrogens is 494 g/mol. The number of nitrogens with one attached hydrogen (secondary N) is 1. The number of aliphatic hydroxyl groups excluding tert-OH is 1. The molecule has 11 heteroatoms. The summed E-state index contributed by atoms with van der Waals surface area (Å²) in [5.41, 5.74) is 2.98. The predicted molar refractivity (Wildman–Crippen MR) is 141 cm³/mol. The summed E-state index contributed by atoms with van der Waals surface area (Å²) in [6.45, 7) is 7.30. The lowest BCUT2D eigenvalue weighted by Crippen LogP contribution is -2.36. The number of aliphatic hydroxyl groups is 1. The van der Waals surface area contributed by atoms with Crippen LogP contribution in [0.15, 0.2) is 30.3 Å². The highest BCUT2D eigenvalue weighted by molar-refractivity contribution is 7.17. The molecule has 1 saturated heterocycles. The minimum atomic E-state index is -0.407. The van der Waals surface area contributed by atoms with Crippen molar-refractivity contribution in [2.45, 2.75) is 46.1 Å². The third-order valence-corrected chi connectivity index (χ3v) is 6.93. The van der Waals surface area contributed by atoms with Crippen LogP contribution in [0.25, 0.3) is 11.3 Å². The number of piperidine rings is 1. The van der Waals surface area contributed by atoms with E-state index >= 15 is 0 Å². The minimum absolute atomic E-state index is 0.207. The monoisotopic (exact) mass is 525 g/mol. The second-order valence-corrected chi connectivity index (χ2v) is 9.61. The smallest absolute Gasteiger partial charge is 0.350 e. The summed E-state index contributed by atoms with van der Waals surface area (Å²) < 4.78 is 10.2. The number of carbonyl (C=O) groups is 2. The molecule has 2 aromatic heterocycles. The van der Waals surface area contributed by atoms with E-state index in [1.165, 1.54) is 11.3 Å². The number of thiazole rings is 1. The molecule has 0 radical (unpaired) electrons. The number of benzene rings is 1. The zero-order valence-electron chi connectivity index (χ0n) is 21.2. The first-order chi connectivity index (χ1) is 17.9. The van der Waals surface area contributed by atoms with E-state index in [4.69, 9.17) is 19.4 Å². The van der Waals surface area contributed by atoms with Crippen LogP contribution in [-0.2, 0) is 20.7 Å². The zero-order chi connectivity index (χ0) is 26.4. The van der Waals surface area contributed by atoms with Crippen LogP contribution in [0.3, 0.4) is 0 Å². The molecule has 0 bridgehead atoms. The Balaban J connectivity index is 1.63. The summed E-state index contributed by atoms with van der Waals surface area (Å²) in [5, 5.41) is 13.6. The number of anilines is 3. The summed E-state index contributed by atoms with van der Waals surface area (Å²) in [6.07, 6.45) is 1.23. The Morgan fingerprint density at radius 2 is 1.78 bits per heavy atom. The highest BCUT2D eigenvalue weighted by Crippen LogP contribution is 2.29. The molecule has 1 aromatic carbocycles. The van der Waals surface area contributed by atoms with Gasteiger partial charge in [0.2, 0.25) is 5.95 Å². The van der Waals surface area contributed by atoms with Gasteiger partial charge in [-0.1, -0.05) is 35.6 Å². The minimum Gasteiger partial charge on any atom is -0.466 e. The van der Waals surface area contributed by atoms with E-state index in [0.29, 0.717) is 59.9 Å². The number of aryl methyl sites for hydroxylation is 1. The second kappa shape index (κ2) is 12.1. The number of ether oxygens (including phenoxy) is 2. The lowest BCUT2D eigenvalue weighted by atomic mass is 10.1. The van der Waals surface area contributed by atoms with Gasteiger partial charge in [-0.25, -0.2) is 14.8 Å². The van der Waals surface area contributed by atoms with Gasteiger partial charge in [0.05, 0.1) is 37.1 Å². The van der Waals surface area contributed by atoms with Gasteiger partial charge in [0, 0.05) is 24.7 Å². The Labute approximate surface area is 219 Å². The van der Waals surface area contributed by atoms with E-state index in [-0.39, 0.29) is 25.1 Å². The van der Waals surface area contributed by atoms with Crippen LogP contribution in [0.1, 0.15) is 47.6 Å². The highest BCUT2D eigenvalue weighted by atomic mass is 32.1. The Morgan fingerprint density at radius 3 is 2.46 bits per heavy atom. The van der Waals surface area contributed by atoms with Crippen molar-refractivity contribution in [1.82, 2.24) is 15.0 Å². The van der Waals surface area contributed by atoms with Gasteiger partial charge in [-0.2, -0.15) is 4.98 Å². The van der Waals surface area contributed by atoms with Crippen molar-refractivity contribution in [3.05, 3.63) is 46.5 Å². The van der Waals surface area contributed by atoms with E-state index < -0.39 is 5.97 Å². The van der Waals surface area contributed by atoms with Crippen molar-refractivity contribution >= 4 is 40.2 Å². The molecule has 0 atom stereocenters. The Bertz CT molecular complexity index is 1240. The molecule has 1 fully saturated rings. The van der Waals surface area contributed by atoms with Crippen LogP contribution in [0.5, 0.6) is 0 Å². The fourth-order valence-corrected chi connectivity index (χ4v) is 4.85. The quantitative estimate of drug-likeness (QED) is 0.397. The Morgan fingerprint density at radius 1 is 1.08 bits per heavy atom. The first kappa shape index (κ1) is 26.5. The van der Waals surface area contributed by atoms with Gasteiger partial charge >= 0.3 is 11.9 Å². The van der Waals surface area contributed by atoms with Gasteiger partial charge in [-0.05, 0) is 39.2 Å². The molecule has 10 nitrogen and oxygen atoms in total. The summed E-state index contributed by atoms with van der Waals surface area (Å²) in [6, 6.07) is 9.51. The highest BCUT2D eigenvalue weighted by Gasteiger charge is 2.21. The van der Waals surface area contributed by atoms with Gasteiger partial charge < -0.3 is 19.5 Å². The third kappa shape index (κ3) is 6.80. The Hall–Kier alpha value is -3.57. The number of aromatic nitrogens is 3. The van der Waals surface area contributed by atoms with Crippen LogP contribution >= 0.6 is 11.3 Å². The van der Waals surface area contributed by atoms with Gasteiger partial charge in [0.25, 0.3) is 0 Å². The largest absolute Gasteiger partial charge is 0.466 e. The van der Waals surface area contributed by atoms with Gasteiger partial charge in [-0.15, -0.1) is 0 Å². The van der Waals surface area contributed by atoms with Crippen LogP contribution < -0.4 is 10.2 Å². The molecular formula is C26H31N5O5S. The molecule has 4 rings (SSSR count). The van der Waals surface area contributed by atoms with Gasteiger partial charge in [0.1, 0.15) is 10.7 Å². The van der Waals surface area contributed by atoms with Crippen molar-refractivity contribution in [3.63, 3.8) is 0 Å². The number of hydrogen-bond acceptors (Lipinski definition) is 11. The van der Waals surface area contributed by atoms with Crippen molar-refractivity contribution < 1.29 is 24.2 Å². The number of carbonyl (C=O) groups excluding carboxylic acids is 2. The molecule has 1 aliphatic rings. The lowest BCUT2D eigenvalue weighted by molar-refractivity contribution is -0.142. The molecule has 1 aliphatic heterocycles. The number of nitrogens with zero attached hydrogens (tertiary/aromatic N) is 4. The molecule has 0 spiro atoms. The van der Waals surface area contributed by atoms with Crippen molar-refractivity contribution in [1.29, 1.82) is 0 Å². The molecule has 0 aliphatic carbocycles. The van der Waals surface area contributed by atoms with Crippen LogP contribution in [0.4, 0.5) is 16.9 Å². The lowest BCUT2D eigenvalue weighted by Gasteiger charge is -2.30. The predicted octanol–water partition coefficient (Wildman–Crippen LogP) is 3.90. The SMILES string of the molecule is CCOC(=O)Cc1ccc(-c2cc(N3CCC(O)CC3)nc(Nc3nc(C)c(C(=O)OCC)s3)n2)cc1. The molecule has 3 heterocycles. The van der Waals surface area contributed by atoms with E-state index in [9.17, 15) is 14.7 Å². The Kier molecular flexibility index (Phi) is 8.67. The molecule has 0 saturated carbocycles. The maximum Gasteiger partial charge on any atom is 0.350 e. The zero-order valence-corrected chi connectivity index (χ0v) is 22.0. The number of hydrogen-bond donors (Lipinski definition) is 2. The molecule has 0 amide bonds. The average Bonchev–Trinajstić information content (AvgIpc) is 3.25. The fraction of sp³-hybridized carbons (Fsp3) is 0.423. The molecule has 196 valence electrons. The van der Waals surface area contributed by atoms with Crippen molar-refractivity contribution in [2.75, 3.05) is 36.5 Å². The molecule has 2 N–H and O–H groups in total. The first-order valence-electron chi connectivity index (χ1n) is 12.3. The average molecular weight is 526 g/mol. The van der Waals surface area contributed by atoms with Crippen LogP contribution in [0, 0.1) is 6.92 Å². The summed E-state index contributed by atoms with van der Waals surface area (Å²) >= 11 is 1.19. The van der Waals surface area contributed by atoms with Crippen LogP contribution in [-0.4, -0.2) is 64.4 Å². The molecule has 0 unspecified atom stereocenters.